The summed E-state index contributed by atoms with van der Waals surface area (Å²) in [5, 5.41) is 0. The Balaban J connectivity index is 2.02. The monoisotopic (exact) mass is 249 g/mol. The van der Waals surface area contributed by atoms with Crippen LogP contribution in [0.4, 0.5) is 0 Å². The van der Waals surface area contributed by atoms with E-state index in [1.54, 1.807) is 0 Å². The highest BCUT2D eigenvalue weighted by Crippen LogP contribution is 2.40. The van der Waals surface area contributed by atoms with Crippen LogP contribution in [0.3, 0.4) is 0 Å². The number of hydrogen-bond donors (Lipinski definition) is 1. The summed E-state index contributed by atoms with van der Waals surface area (Å²) in [6.45, 7) is 1.33. The predicted molar refractivity (Wildman–Crippen MR) is 63.5 cm³/mol. The zero-order chi connectivity index (χ0) is 12.6. The molecule has 1 aromatic rings. The smallest absolute Gasteiger partial charge is 0.231 e. The van der Waals surface area contributed by atoms with Gasteiger partial charge in [-0.1, -0.05) is 6.07 Å². The number of fused-ring (bicyclic) bond motifs is 1. The first-order valence-corrected chi connectivity index (χ1v) is 6.00. The van der Waals surface area contributed by atoms with Crippen molar-refractivity contribution in [2.45, 2.75) is 18.3 Å². The standard InChI is InChI=1S/C13H15NO4/c14-12(15)13(3-5-16-6-4-13)9-1-2-10-11(7-9)18-8-17-10/h1-2,7H,3-6,8H2,(H2,14,15). The Morgan fingerprint density at radius 1 is 1.17 bits per heavy atom. The van der Waals surface area contributed by atoms with Crippen molar-refractivity contribution in [1.82, 2.24) is 0 Å². The van der Waals surface area contributed by atoms with Gasteiger partial charge in [-0.2, -0.15) is 0 Å². The van der Waals surface area contributed by atoms with E-state index in [0.717, 1.165) is 5.56 Å². The van der Waals surface area contributed by atoms with Crippen LogP contribution in [0.2, 0.25) is 0 Å². The summed E-state index contributed by atoms with van der Waals surface area (Å²) >= 11 is 0. The van der Waals surface area contributed by atoms with Crippen molar-refractivity contribution >= 4 is 5.91 Å². The molecule has 2 aliphatic heterocycles. The number of carbonyl (C=O) groups excluding carboxylic acids is 1. The highest BCUT2D eigenvalue weighted by molar-refractivity contribution is 5.87. The van der Waals surface area contributed by atoms with Crippen molar-refractivity contribution in [3.05, 3.63) is 23.8 Å². The lowest BCUT2D eigenvalue weighted by Gasteiger charge is -2.34. The van der Waals surface area contributed by atoms with Gasteiger partial charge in [0.05, 0.1) is 5.41 Å². The molecule has 0 bridgehead atoms. The molecule has 0 spiro atoms. The third-order valence-electron chi connectivity index (χ3n) is 3.74. The molecular weight excluding hydrogens is 234 g/mol. The Morgan fingerprint density at radius 2 is 1.89 bits per heavy atom. The first kappa shape index (κ1) is 11.3. The highest BCUT2D eigenvalue weighted by atomic mass is 16.7. The molecule has 2 heterocycles. The van der Waals surface area contributed by atoms with Gasteiger partial charge in [0.25, 0.3) is 0 Å². The molecule has 2 aliphatic rings. The second-order valence-electron chi connectivity index (χ2n) is 4.63. The lowest BCUT2D eigenvalue weighted by atomic mass is 9.73. The number of hydrogen-bond acceptors (Lipinski definition) is 4. The third-order valence-corrected chi connectivity index (χ3v) is 3.74. The van der Waals surface area contributed by atoms with E-state index in [1.165, 1.54) is 0 Å². The SMILES string of the molecule is NC(=O)C1(c2ccc3c(c2)OCO3)CCOCC1. The van der Waals surface area contributed by atoms with Gasteiger partial charge in [-0.3, -0.25) is 4.79 Å². The molecule has 1 amide bonds. The maximum atomic E-state index is 11.9. The van der Waals surface area contributed by atoms with Crippen LogP contribution in [0, 0.1) is 0 Å². The van der Waals surface area contributed by atoms with E-state index in [2.05, 4.69) is 0 Å². The maximum absolute atomic E-state index is 11.9. The molecule has 0 unspecified atom stereocenters. The Hall–Kier alpha value is -1.75. The first-order chi connectivity index (χ1) is 8.72. The summed E-state index contributed by atoms with van der Waals surface area (Å²) in [5.74, 6) is 1.09. The normalized spacial score (nSPS) is 20.7. The van der Waals surface area contributed by atoms with Crippen LogP contribution in [0.25, 0.3) is 0 Å². The molecular formula is C13H15NO4. The van der Waals surface area contributed by atoms with E-state index in [4.69, 9.17) is 19.9 Å². The van der Waals surface area contributed by atoms with Gasteiger partial charge in [-0.15, -0.1) is 0 Å². The fourth-order valence-corrected chi connectivity index (χ4v) is 2.59. The van der Waals surface area contributed by atoms with E-state index in [1.807, 2.05) is 18.2 Å². The minimum atomic E-state index is -0.640. The summed E-state index contributed by atoms with van der Waals surface area (Å²) in [6, 6.07) is 5.58. The Labute approximate surface area is 105 Å². The van der Waals surface area contributed by atoms with Gasteiger partial charge in [0.2, 0.25) is 12.7 Å². The summed E-state index contributed by atoms with van der Waals surface area (Å²) in [4.78, 5) is 11.9. The van der Waals surface area contributed by atoms with E-state index in [-0.39, 0.29) is 12.7 Å². The Morgan fingerprint density at radius 3 is 2.61 bits per heavy atom. The number of primary amides is 1. The second kappa shape index (κ2) is 4.17. The van der Waals surface area contributed by atoms with Crippen molar-refractivity contribution in [1.29, 1.82) is 0 Å². The summed E-state index contributed by atoms with van der Waals surface area (Å²) in [5.41, 5.74) is 5.86. The number of carbonyl (C=O) groups is 1. The lowest BCUT2D eigenvalue weighted by molar-refractivity contribution is -0.127. The molecule has 0 atom stereocenters. The van der Waals surface area contributed by atoms with Gasteiger partial charge in [0.15, 0.2) is 11.5 Å². The number of rotatable bonds is 2. The van der Waals surface area contributed by atoms with E-state index >= 15 is 0 Å². The molecule has 96 valence electrons. The van der Waals surface area contributed by atoms with E-state index in [9.17, 15) is 4.79 Å². The lowest BCUT2D eigenvalue weighted by Crippen LogP contribution is -2.45. The molecule has 5 heteroatoms. The van der Waals surface area contributed by atoms with Gasteiger partial charge in [0, 0.05) is 13.2 Å². The molecule has 0 aromatic heterocycles. The molecule has 1 saturated heterocycles. The topological polar surface area (TPSA) is 70.8 Å². The number of ether oxygens (including phenoxy) is 3. The third kappa shape index (κ3) is 1.62. The predicted octanol–water partition coefficient (Wildman–Crippen LogP) is 0.949. The van der Waals surface area contributed by atoms with Gasteiger partial charge >= 0.3 is 0 Å². The average molecular weight is 249 g/mol. The zero-order valence-corrected chi connectivity index (χ0v) is 9.98. The van der Waals surface area contributed by atoms with Crippen LogP contribution >= 0.6 is 0 Å². The van der Waals surface area contributed by atoms with Crippen molar-refractivity contribution in [2.24, 2.45) is 5.73 Å². The summed E-state index contributed by atoms with van der Waals surface area (Å²) in [7, 11) is 0. The van der Waals surface area contributed by atoms with Gasteiger partial charge in [-0.05, 0) is 30.5 Å². The van der Waals surface area contributed by atoms with Crippen LogP contribution in [-0.2, 0) is 14.9 Å². The minimum Gasteiger partial charge on any atom is -0.454 e. The number of nitrogens with two attached hydrogens (primary N) is 1. The fraction of sp³-hybridized carbons (Fsp3) is 0.462. The fourth-order valence-electron chi connectivity index (χ4n) is 2.59. The molecule has 0 aliphatic carbocycles. The summed E-state index contributed by atoms with van der Waals surface area (Å²) in [6.07, 6.45) is 1.23. The van der Waals surface area contributed by atoms with E-state index < -0.39 is 5.41 Å². The average Bonchev–Trinajstić information content (AvgIpc) is 2.86. The molecule has 0 saturated carbocycles. The number of benzene rings is 1. The first-order valence-electron chi connectivity index (χ1n) is 6.00. The highest BCUT2D eigenvalue weighted by Gasteiger charge is 2.40. The molecule has 18 heavy (non-hydrogen) atoms. The largest absolute Gasteiger partial charge is 0.454 e. The molecule has 1 aromatic carbocycles. The van der Waals surface area contributed by atoms with E-state index in [0.29, 0.717) is 37.6 Å². The zero-order valence-electron chi connectivity index (χ0n) is 9.98. The molecule has 1 fully saturated rings. The van der Waals surface area contributed by atoms with Crippen LogP contribution < -0.4 is 15.2 Å². The van der Waals surface area contributed by atoms with Gasteiger partial charge < -0.3 is 19.9 Å². The van der Waals surface area contributed by atoms with Crippen molar-refractivity contribution < 1.29 is 19.0 Å². The molecule has 0 radical (unpaired) electrons. The maximum Gasteiger partial charge on any atom is 0.231 e. The van der Waals surface area contributed by atoms with Gasteiger partial charge in [0.1, 0.15) is 0 Å². The summed E-state index contributed by atoms with van der Waals surface area (Å²) < 4.78 is 15.9. The Kier molecular flexibility index (Phi) is 2.63. The number of amides is 1. The van der Waals surface area contributed by atoms with Crippen LogP contribution in [0.15, 0.2) is 18.2 Å². The molecule has 5 nitrogen and oxygen atoms in total. The molecule has 3 rings (SSSR count). The van der Waals surface area contributed by atoms with Crippen molar-refractivity contribution in [3.63, 3.8) is 0 Å². The van der Waals surface area contributed by atoms with Crippen molar-refractivity contribution in [2.75, 3.05) is 20.0 Å². The quantitative estimate of drug-likeness (QED) is 0.847. The minimum absolute atomic E-state index is 0.228. The van der Waals surface area contributed by atoms with Crippen LogP contribution in [-0.4, -0.2) is 25.9 Å². The van der Waals surface area contributed by atoms with Crippen LogP contribution in [0.5, 0.6) is 11.5 Å². The van der Waals surface area contributed by atoms with Crippen LogP contribution in [0.1, 0.15) is 18.4 Å². The molecule has 2 N–H and O–H groups in total. The second-order valence-corrected chi connectivity index (χ2v) is 4.63. The Bertz CT molecular complexity index is 480. The van der Waals surface area contributed by atoms with Gasteiger partial charge in [-0.25, -0.2) is 0 Å². The van der Waals surface area contributed by atoms with Crippen molar-refractivity contribution in [3.8, 4) is 11.5 Å².